The van der Waals surface area contributed by atoms with Gasteiger partial charge in [0.25, 0.3) is 0 Å². The fourth-order valence-corrected chi connectivity index (χ4v) is 4.33. The Bertz CT molecular complexity index is 318. The maximum Gasteiger partial charge on any atom is 0.309 e. The zero-order chi connectivity index (χ0) is 15.2. The molecule has 1 aliphatic heterocycles. The predicted molar refractivity (Wildman–Crippen MR) is 87.0 cm³/mol. The third kappa shape index (κ3) is 4.47. The van der Waals surface area contributed by atoms with Gasteiger partial charge in [0.1, 0.15) is 6.10 Å². The van der Waals surface area contributed by atoms with Crippen LogP contribution >= 0.6 is 0 Å². The molecule has 2 aliphatic rings. The Hall–Kier alpha value is -0.530. The molecule has 3 unspecified atom stereocenters. The molecule has 1 aliphatic carbocycles. The molecule has 2 heteroatoms. The summed E-state index contributed by atoms with van der Waals surface area (Å²) in [6, 6.07) is 0. The highest BCUT2D eigenvalue weighted by molar-refractivity contribution is 5.73. The largest absolute Gasteiger partial charge is 0.462 e. The number of carbonyl (C=O) groups is 1. The van der Waals surface area contributed by atoms with Crippen LogP contribution in [-0.4, -0.2) is 12.1 Å². The van der Waals surface area contributed by atoms with Gasteiger partial charge in [-0.2, -0.15) is 0 Å². The number of unbranched alkanes of at least 4 members (excludes halogenated alkanes) is 1. The average molecular weight is 294 g/mol. The Balaban J connectivity index is 1.77. The van der Waals surface area contributed by atoms with Gasteiger partial charge < -0.3 is 4.74 Å². The van der Waals surface area contributed by atoms with Crippen molar-refractivity contribution in [1.29, 1.82) is 0 Å². The molecule has 3 atom stereocenters. The van der Waals surface area contributed by atoms with Crippen LogP contribution in [0, 0.1) is 23.7 Å². The Morgan fingerprint density at radius 1 is 1.10 bits per heavy atom. The van der Waals surface area contributed by atoms with Crippen LogP contribution in [0.1, 0.15) is 85.0 Å². The molecule has 1 heterocycles. The van der Waals surface area contributed by atoms with Crippen LogP contribution in [0.4, 0.5) is 0 Å². The third-order valence-electron chi connectivity index (χ3n) is 6.08. The number of cyclic esters (lactones) is 1. The van der Waals surface area contributed by atoms with Gasteiger partial charge in [-0.15, -0.1) is 0 Å². The van der Waals surface area contributed by atoms with Gasteiger partial charge in [-0.25, -0.2) is 0 Å². The van der Waals surface area contributed by atoms with Gasteiger partial charge in [-0.1, -0.05) is 52.9 Å². The minimum Gasteiger partial charge on any atom is -0.462 e. The van der Waals surface area contributed by atoms with E-state index in [-0.39, 0.29) is 18.0 Å². The van der Waals surface area contributed by atoms with Crippen LogP contribution in [0.2, 0.25) is 0 Å². The number of ether oxygens (including phenoxy) is 1. The van der Waals surface area contributed by atoms with Crippen molar-refractivity contribution in [3.63, 3.8) is 0 Å². The average Bonchev–Trinajstić information content (AvgIpc) is 2.52. The second-order valence-electron chi connectivity index (χ2n) is 7.44. The van der Waals surface area contributed by atoms with E-state index in [9.17, 15) is 4.79 Å². The smallest absolute Gasteiger partial charge is 0.309 e. The molecule has 0 N–H and O–H groups in total. The van der Waals surface area contributed by atoms with Gasteiger partial charge in [0.15, 0.2) is 0 Å². The lowest BCUT2D eigenvalue weighted by molar-refractivity contribution is -0.165. The van der Waals surface area contributed by atoms with Gasteiger partial charge in [0, 0.05) is 0 Å². The summed E-state index contributed by atoms with van der Waals surface area (Å²) in [6.45, 7) is 6.70. The third-order valence-corrected chi connectivity index (χ3v) is 6.08. The summed E-state index contributed by atoms with van der Waals surface area (Å²) in [5, 5.41) is 0. The minimum absolute atomic E-state index is 0.0669. The molecular formula is C19H34O2. The van der Waals surface area contributed by atoms with Crippen molar-refractivity contribution < 1.29 is 9.53 Å². The molecule has 2 nitrogen and oxygen atoms in total. The van der Waals surface area contributed by atoms with Crippen LogP contribution in [0.5, 0.6) is 0 Å². The van der Waals surface area contributed by atoms with E-state index in [1.165, 1.54) is 44.9 Å². The maximum atomic E-state index is 12.0. The molecule has 0 aromatic heterocycles. The summed E-state index contributed by atoms with van der Waals surface area (Å²) in [4.78, 5) is 12.0. The van der Waals surface area contributed by atoms with E-state index in [2.05, 4.69) is 20.8 Å². The highest BCUT2D eigenvalue weighted by Crippen LogP contribution is 2.39. The van der Waals surface area contributed by atoms with Crippen LogP contribution in [0.25, 0.3) is 0 Å². The molecule has 0 aromatic carbocycles. The van der Waals surface area contributed by atoms with Gasteiger partial charge in [-0.05, 0) is 49.9 Å². The van der Waals surface area contributed by atoms with Crippen LogP contribution < -0.4 is 0 Å². The first kappa shape index (κ1) is 16.8. The first-order valence-electron chi connectivity index (χ1n) is 9.36. The number of esters is 1. The van der Waals surface area contributed by atoms with Crippen molar-refractivity contribution in [3.8, 4) is 0 Å². The van der Waals surface area contributed by atoms with Gasteiger partial charge in [-0.3, -0.25) is 4.79 Å². The first-order valence-corrected chi connectivity index (χ1v) is 9.36. The molecule has 2 fully saturated rings. The summed E-state index contributed by atoms with van der Waals surface area (Å²) < 4.78 is 5.76. The van der Waals surface area contributed by atoms with Crippen LogP contribution in [0.3, 0.4) is 0 Å². The lowest BCUT2D eigenvalue weighted by Crippen LogP contribution is -2.38. The second kappa shape index (κ2) is 8.19. The fraction of sp³-hybridized carbons (Fsp3) is 0.947. The minimum atomic E-state index is 0.0669. The van der Waals surface area contributed by atoms with Crippen molar-refractivity contribution in [2.75, 3.05) is 0 Å². The van der Waals surface area contributed by atoms with E-state index in [1.54, 1.807) is 0 Å². The topological polar surface area (TPSA) is 26.3 Å². The quantitative estimate of drug-likeness (QED) is 0.617. The van der Waals surface area contributed by atoms with Crippen molar-refractivity contribution in [2.45, 2.75) is 91.1 Å². The standard InChI is InChI=1S/C19H34O2/c1-4-6-7-15-8-10-17(11-9-15)14(3)18-13-12-16(5-2)19(20)21-18/h14-18H,4-13H2,1-3H3. The summed E-state index contributed by atoms with van der Waals surface area (Å²) >= 11 is 0. The Morgan fingerprint density at radius 2 is 1.81 bits per heavy atom. The molecule has 122 valence electrons. The highest BCUT2D eigenvalue weighted by Gasteiger charge is 2.36. The fourth-order valence-electron chi connectivity index (χ4n) is 4.33. The van der Waals surface area contributed by atoms with Gasteiger partial charge in [0.2, 0.25) is 0 Å². The van der Waals surface area contributed by atoms with Crippen molar-refractivity contribution in [3.05, 3.63) is 0 Å². The number of carbonyl (C=O) groups excluding carboxylic acids is 1. The van der Waals surface area contributed by atoms with Gasteiger partial charge >= 0.3 is 5.97 Å². The maximum absolute atomic E-state index is 12.0. The van der Waals surface area contributed by atoms with E-state index >= 15 is 0 Å². The number of hydrogen-bond acceptors (Lipinski definition) is 2. The van der Waals surface area contributed by atoms with E-state index in [4.69, 9.17) is 4.74 Å². The Morgan fingerprint density at radius 3 is 2.38 bits per heavy atom. The molecule has 0 spiro atoms. The summed E-state index contributed by atoms with van der Waals surface area (Å²) in [5.74, 6) is 2.53. The lowest BCUT2D eigenvalue weighted by atomic mass is 9.72. The SMILES string of the molecule is CCCCC1CCC(C(C)C2CCC(CC)C(=O)O2)CC1. The molecule has 1 saturated carbocycles. The molecular weight excluding hydrogens is 260 g/mol. The zero-order valence-electron chi connectivity index (χ0n) is 14.3. The normalized spacial score (nSPS) is 35.3. The van der Waals surface area contributed by atoms with Crippen LogP contribution in [-0.2, 0) is 9.53 Å². The van der Waals surface area contributed by atoms with Crippen molar-refractivity contribution >= 4 is 5.97 Å². The highest BCUT2D eigenvalue weighted by atomic mass is 16.5. The number of rotatable bonds is 6. The second-order valence-corrected chi connectivity index (χ2v) is 7.44. The van der Waals surface area contributed by atoms with Crippen molar-refractivity contribution in [1.82, 2.24) is 0 Å². The van der Waals surface area contributed by atoms with E-state index in [0.29, 0.717) is 5.92 Å². The molecule has 2 rings (SSSR count). The predicted octanol–water partition coefficient (Wildman–Crippen LogP) is 5.35. The molecule has 0 radical (unpaired) electrons. The number of hydrogen-bond donors (Lipinski definition) is 0. The summed E-state index contributed by atoms with van der Waals surface area (Å²) in [7, 11) is 0. The monoisotopic (exact) mass is 294 g/mol. The molecule has 21 heavy (non-hydrogen) atoms. The zero-order valence-corrected chi connectivity index (χ0v) is 14.3. The summed E-state index contributed by atoms with van der Waals surface area (Å²) in [6.07, 6.45) is 12.9. The van der Waals surface area contributed by atoms with Gasteiger partial charge in [0.05, 0.1) is 5.92 Å². The first-order chi connectivity index (χ1) is 10.2. The Labute approximate surface area is 131 Å². The Kier molecular flexibility index (Phi) is 6.57. The van der Waals surface area contributed by atoms with E-state index in [0.717, 1.165) is 31.1 Å². The lowest BCUT2D eigenvalue weighted by Gasteiger charge is -2.38. The van der Waals surface area contributed by atoms with Crippen LogP contribution in [0.15, 0.2) is 0 Å². The summed E-state index contributed by atoms with van der Waals surface area (Å²) in [5.41, 5.74) is 0. The molecule has 0 amide bonds. The molecule has 0 bridgehead atoms. The van der Waals surface area contributed by atoms with E-state index < -0.39 is 0 Å². The molecule has 0 aromatic rings. The van der Waals surface area contributed by atoms with Crippen molar-refractivity contribution in [2.24, 2.45) is 23.7 Å². The van der Waals surface area contributed by atoms with E-state index in [1.807, 2.05) is 0 Å². The molecule has 1 saturated heterocycles.